The molecule has 0 spiro atoms. The van der Waals surface area contributed by atoms with Gasteiger partial charge < -0.3 is 4.74 Å². The smallest absolute Gasteiger partial charge is 0.335 e. The molecule has 4 amide bonds. The molecule has 1 saturated heterocycles. The summed E-state index contributed by atoms with van der Waals surface area (Å²) in [6.45, 7) is 2.49. The first-order valence-corrected chi connectivity index (χ1v) is 8.79. The number of nitrogens with one attached hydrogen (secondary N) is 1. The van der Waals surface area contributed by atoms with Crippen LogP contribution in [0.25, 0.3) is 6.08 Å². The number of imide groups is 2. The van der Waals surface area contributed by atoms with Crippen LogP contribution >= 0.6 is 0 Å². The number of ether oxygens (including phenoxy) is 1. The zero-order chi connectivity index (χ0) is 21.0. The van der Waals surface area contributed by atoms with Gasteiger partial charge in [-0.2, -0.15) is 0 Å². The predicted molar refractivity (Wildman–Crippen MR) is 104 cm³/mol. The summed E-state index contributed by atoms with van der Waals surface area (Å²) in [6.07, 6.45) is 2.17. The maximum absolute atomic E-state index is 12.9. The number of rotatable bonds is 6. The van der Waals surface area contributed by atoms with E-state index < -0.39 is 22.8 Å². The van der Waals surface area contributed by atoms with E-state index in [-0.39, 0.29) is 16.9 Å². The van der Waals surface area contributed by atoms with Gasteiger partial charge in [0.15, 0.2) is 0 Å². The van der Waals surface area contributed by atoms with Gasteiger partial charge in [0.1, 0.15) is 11.3 Å². The number of nitro groups is 1. The van der Waals surface area contributed by atoms with Gasteiger partial charge in [-0.15, -0.1) is 0 Å². The first-order valence-electron chi connectivity index (χ1n) is 8.79. The van der Waals surface area contributed by atoms with E-state index >= 15 is 0 Å². The first-order chi connectivity index (χ1) is 13.9. The van der Waals surface area contributed by atoms with Crippen molar-refractivity contribution in [1.82, 2.24) is 5.32 Å². The van der Waals surface area contributed by atoms with Gasteiger partial charge >= 0.3 is 6.03 Å². The molecule has 0 atom stereocenters. The molecular formula is C20H17N3O6. The topological polar surface area (TPSA) is 119 Å². The van der Waals surface area contributed by atoms with Crippen molar-refractivity contribution in [2.75, 3.05) is 11.5 Å². The second-order valence-electron chi connectivity index (χ2n) is 6.16. The fourth-order valence-electron chi connectivity index (χ4n) is 2.72. The van der Waals surface area contributed by atoms with E-state index in [2.05, 4.69) is 5.32 Å². The molecule has 2 aromatic rings. The zero-order valence-electron chi connectivity index (χ0n) is 15.5. The number of anilines is 1. The summed E-state index contributed by atoms with van der Waals surface area (Å²) in [5.74, 6) is -1.14. The Morgan fingerprint density at radius 3 is 2.62 bits per heavy atom. The van der Waals surface area contributed by atoms with Gasteiger partial charge in [0, 0.05) is 12.1 Å². The van der Waals surface area contributed by atoms with Crippen LogP contribution in [0.1, 0.15) is 18.9 Å². The molecule has 0 aliphatic carbocycles. The normalized spacial score (nSPS) is 15.4. The van der Waals surface area contributed by atoms with Crippen molar-refractivity contribution < 1.29 is 24.0 Å². The molecule has 1 aliphatic rings. The minimum absolute atomic E-state index is 0.0138. The Hall–Kier alpha value is -4.01. The highest BCUT2D eigenvalue weighted by Gasteiger charge is 2.37. The minimum Gasteiger partial charge on any atom is -0.494 e. The largest absolute Gasteiger partial charge is 0.494 e. The number of carbonyl (C=O) groups excluding carboxylic acids is 3. The summed E-state index contributed by atoms with van der Waals surface area (Å²) >= 11 is 0. The van der Waals surface area contributed by atoms with E-state index in [9.17, 15) is 24.5 Å². The highest BCUT2D eigenvalue weighted by molar-refractivity contribution is 6.39. The number of carbonyl (C=O) groups is 3. The fraction of sp³-hybridized carbons (Fsp3) is 0.150. The van der Waals surface area contributed by atoms with E-state index in [1.807, 2.05) is 6.92 Å². The summed E-state index contributed by atoms with van der Waals surface area (Å²) < 4.78 is 5.54. The fourth-order valence-corrected chi connectivity index (χ4v) is 2.72. The maximum atomic E-state index is 12.9. The Balaban J connectivity index is 1.96. The van der Waals surface area contributed by atoms with Crippen molar-refractivity contribution in [2.45, 2.75) is 13.3 Å². The van der Waals surface area contributed by atoms with Crippen molar-refractivity contribution in [3.8, 4) is 5.75 Å². The summed E-state index contributed by atoms with van der Waals surface area (Å²) in [4.78, 5) is 48.4. The number of benzene rings is 2. The molecule has 29 heavy (non-hydrogen) atoms. The van der Waals surface area contributed by atoms with Crippen LogP contribution < -0.4 is 15.0 Å². The number of amides is 4. The minimum atomic E-state index is -0.974. The zero-order valence-corrected chi connectivity index (χ0v) is 15.5. The molecule has 3 rings (SSSR count). The second-order valence-corrected chi connectivity index (χ2v) is 6.16. The molecule has 1 heterocycles. The lowest BCUT2D eigenvalue weighted by atomic mass is 10.1. The summed E-state index contributed by atoms with van der Waals surface area (Å²) in [5, 5.41) is 13.1. The standard InChI is InChI=1S/C20H17N3O6/c1-2-9-29-16-8-3-5-13(10-16)11-17-18(24)21-20(26)22(19(17)25)14-6-4-7-15(12-14)23(27)28/h3-8,10-12H,2,9H2,1H3,(H,21,24,26)/b17-11-. The van der Waals surface area contributed by atoms with Crippen LogP contribution in [0, 0.1) is 10.1 Å². The van der Waals surface area contributed by atoms with Gasteiger partial charge in [-0.3, -0.25) is 25.0 Å². The van der Waals surface area contributed by atoms with Crippen LogP contribution in [0.4, 0.5) is 16.2 Å². The number of urea groups is 1. The van der Waals surface area contributed by atoms with Gasteiger partial charge in [0.2, 0.25) is 0 Å². The highest BCUT2D eigenvalue weighted by atomic mass is 16.6. The molecule has 0 bridgehead atoms. The second kappa shape index (κ2) is 8.34. The van der Waals surface area contributed by atoms with E-state index in [1.165, 1.54) is 24.3 Å². The number of hydrogen-bond donors (Lipinski definition) is 1. The SMILES string of the molecule is CCCOc1cccc(/C=C2/C(=O)NC(=O)N(c3cccc([N+](=O)[O-])c3)C2=O)c1. The molecule has 1 aliphatic heterocycles. The summed E-state index contributed by atoms with van der Waals surface area (Å²) in [6, 6.07) is 10.9. The quantitative estimate of drug-likeness (QED) is 0.347. The third-order valence-electron chi connectivity index (χ3n) is 4.04. The predicted octanol–water partition coefficient (Wildman–Crippen LogP) is 3.05. The van der Waals surface area contributed by atoms with Crippen molar-refractivity contribution in [3.05, 3.63) is 69.8 Å². The van der Waals surface area contributed by atoms with Crippen molar-refractivity contribution >= 4 is 35.3 Å². The van der Waals surface area contributed by atoms with Gasteiger partial charge in [-0.1, -0.05) is 25.1 Å². The monoisotopic (exact) mass is 395 g/mol. The lowest BCUT2D eigenvalue weighted by Crippen LogP contribution is -2.54. The van der Waals surface area contributed by atoms with Gasteiger partial charge in [0.05, 0.1) is 17.2 Å². The van der Waals surface area contributed by atoms with E-state index in [1.54, 1.807) is 24.3 Å². The molecule has 9 heteroatoms. The van der Waals surface area contributed by atoms with Crippen LogP contribution in [0.5, 0.6) is 5.75 Å². The molecule has 1 N–H and O–H groups in total. The molecular weight excluding hydrogens is 378 g/mol. The van der Waals surface area contributed by atoms with Crippen molar-refractivity contribution in [1.29, 1.82) is 0 Å². The van der Waals surface area contributed by atoms with E-state index in [4.69, 9.17) is 4.74 Å². The first kappa shape index (κ1) is 19.7. The molecule has 2 aromatic carbocycles. The van der Waals surface area contributed by atoms with Crippen molar-refractivity contribution in [2.24, 2.45) is 0 Å². The van der Waals surface area contributed by atoms with E-state index in [0.717, 1.165) is 12.5 Å². The Labute approximate surface area is 165 Å². The molecule has 1 fully saturated rings. The van der Waals surface area contributed by atoms with Crippen LogP contribution in [0.2, 0.25) is 0 Å². The lowest BCUT2D eigenvalue weighted by Gasteiger charge is -2.26. The summed E-state index contributed by atoms with van der Waals surface area (Å²) in [7, 11) is 0. The Bertz CT molecular complexity index is 1030. The molecule has 0 unspecified atom stereocenters. The van der Waals surface area contributed by atoms with Gasteiger partial charge in [-0.05, 0) is 36.3 Å². The Morgan fingerprint density at radius 1 is 1.14 bits per heavy atom. The van der Waals surface area contributed by atoms with Crippen LogP contribution in [-0.4, -0.2) is 29.4 Å². The number of non-ortho nitro benzene ring substituents is 1. The van der Waals surface area contributed by atoms with Crippen molar-refractivity contribution in [3.63, 3.8) is 0 Å². The number of hydrogen-bond acceptors (Lipinski definition) is 6. The van der Waals surface area contributed by atoms with Crippen LogP contribution in [0.3, 0.4) is 0 Å². The Morgan fingerprint density at radius 2 is 1.90 bits per heavy atom. The molecule has 0 radical (unpaired) electrons. The van der Waals surface area contributed by atoms with Crippen LogP contribution in [-0.2, 0) is 9.59 Å². The highest BCUT2D eigenvalue weighted by Crippen LogP contribution is 2.26. The average molecular weight is 395 g/mol. The molecule has 0 aromatic heterocycles. The molecule has 9 nitrogen and oxygen atoms in total. The number of nitrogens with zero attached hydrogens (tertiary/aromatic N) is 2. The number of barbiturate groups is 1. The molecule has 0 saturated carbocycles. The third-order valence-corrected chi connectivity index (χ3v) is 4.04. The van der Waals surface area contributed by atoms with E-state index in [0.29, 0.717) is 22.8 Å². The van der Waals surface area contributed by atoms with Gasteiger partial charge in [-0.25, -0.2) is 9.69 Å². The lowest BCUT2D eigenvalue weighted by molar-refractivity contribution is -0.384. The van der Waals surface area contributed by atoms with Gasteiger partial charge in [0.25, 0.3) is 17.5 Å². The number of nitro benzene ring substituents is 1. The maximum Gasteiger partial charge on any atom is 0.335 e. The van der Waals surface area contributed by atoms with Crippen LogP contribution in [0.15, 0.2) is 54.1 Å². The Kier molecular flexibility index (Phi) is 5.68. The average Bonchev–Trinajstić information content (AvgIpc) is 2.70. The molecule has 148 valence electrons. The summed E-state index contributed by atoms with van der Waals surface area (Å²) in [5.41, 5.74) is -0.0411. The third kappa shape index (κ3) is 4.29.